The van der Waals surface area contributed by atoms with Gasteiger partial charge in [0, 0.05) is 10.8 Å². The topological polar surface area (TPSA) is 18.5 Å². The molecule has 0 aliphatic carbocycles. The highest BCUT2D eigenvalue weighted by Crippen LogP contribution is 2.44. The number of ether oxygens (including phenoxy) is 2. The van der Waals surface area contributed by atoms with E-state index in [0.717, 1.165) is 37.6 Å². The highest BCUT2D eigenvalue weighted by Gasteiger charge is 2.17. The van der Waals surface area contributed by atoms with Gasteiger partial charge >= 0.3 is 0 Å². The van der Waals surface area contributed by atoms with Gasteiger partial charge in [0.15, 0.2) is 11.5 Å². The first-order valence-corrected chi connectivity index (χ1v) is 25.1. The number of fused-ring (bicyclic) bond motifs is 3. The maximum atomic E-state index is 6.65. The molecule has 0 radical (unpaired) electrons. The molecule has 0 amide bonds. The first-order chi connectivity index (χ1) is 27.9. The van der Waals surface area contributed by atoms with Crippen molar-refractivity contribution in [3.63, 3.8) is 0 Å². The fourth-order valence-electron chi connectivity index (χ4n) is 8.72. The molecule has 0 heterocycles. The maximum absolute atomic E-state index is 6.65. The molecule has 56 heavy (non-hydrogen) atoms. The summed E-state index contributed by atoms with van der Waals surface area (Å²) >= 11 is 0. The first-order valence-electron chi connectivity index (χ1n) is 25.1. The molecule has 0 spiro atoms. The van der Waals surface area contributed by atoms with Gasteiger partial charge in [-0.05, 0) is 23.6 Å². The van der Waals surface area contributed by atoms with Crippen LogP contribution in [-0.2, 0) is 0 Å². The Morgan fingerprint density at radius 2 is 0.446 bits per heavy atom. The van der Waals surface area contributed by atoms with E-state index in [-0.39, 0.29) is 0 Å². The van der Waals surface area contributed by atoms with Gasteiger partial charge in [0.05, 0.1) is 13.2 Å². The molecule has 0 saturated heterocycles. The molecule has 0 aliphatic rings. The van der Waals surface area contributed by atoms with Crippen molar-refractivity contribution in [2.45, 2.75) is 245 Å². The fourth-order valence-corrected chi connectivity index (χ4v) is 8.72. The molecule has 0 aromatic heterocycles. The van der Waals surface area contributed by atoms with Crippen LogP contribution < -0.4 is 9.47 Å². The van der Waals surface area contributed by atoms with E-state index in [9.17, 15) is 0 Å². The number of unbranched alkanes of at least 4 members (excludes halogenated alkanes) is 34. The normalized spacial score (nSPS) is 11.6. The molecule has 0 aliphatic heterocycles. The summed E-state index contributed by atoms with van der Waals surface area (Å²) in [5, 5.41) is 4.88. The fraction of sp³-hybridized carbons (Fsp3) is 0.741. The molecule has 0 unspecified atom stereocenters. The lowest BCUT2D eigenvalue weighted by Gasteiger charge is -2.18. The molecular formula is C54H90O2. The lowest BCUT2D eigenvalue weighted by Crippen LogP contribution is -2.04. The molecule has 0 bridgehead atoms. The van der Waals surface area contributed by atoms with Gasteiger partial charge in [0.2, 0.25) is 0 Å². The van der Waals surface area contributed by atoms with E-state index in [1.807, 2.05) is 0 Å². The van der Waals surface area contributed by atoms with Gasteiger partial charge in [-0.25, -0.2) is 0 Å². The average molecular weight is 771 g/mol. The molecular weight excluding hydrogens is 681 g/mol. The van der Waals surface area contributed by atoms with E-state index in [1.54, 1.807) is 0 Å². The third kappa shape index (κ3) is 22.1. The average Bonchev–Trinajstić information content (AvgIpc) is 3.23. The van der Waals surface area contributed by atoms with Crippen molar-refractivity contribution >= 4 is 21.5 Å². The predicted octanol–water partition coefficient (Wildman–Crippen LogP) is 18.8. The van der Waals surface area contributed by atoms with Crippen LogP contribution in [-0.4, -0.2) is 13.2 Å². The Kier molecular flexibility index (Phi) is 29.9. The van der Waals surface area contributed by atoms with E-state index in [4.69, 9.17) is 9.47 Å². The largest absolute Gasteiger partial charge is 0.489 e. The Morgan fingerprint density at radius 1 is 0.250 bits per heavy atom. The van der Waals surface area contributed by atoms with Crippen LogP contribution >= 0.6 is 0 Å². The van der Waals surface area contributed by atoms with Crippen LogP contribution in [0.1, 0.15) is 245 Å². The molecule has 3 rings (SSSR count). The van der Waals surface area contributed by atoms with Crippen molar-refractivity contribution < 1.29 is 9.47 Å². The Balaban J connectivity index is 1.25. The molecule has 0 saturated carbocycles. The third-order valence-corrected chi connectivity index (χ3v) is 12.3. The molecule has 3 aromatic rings. The third-order valence-electron chi connectivity index (χ3n) is 12.3. The minimum Gasteiger partial charge on any atom is -0.489 e. The minimum atomic E-state index is 0.761. The number of rotatable bonds is 40. The molecule has 0 fully saturated rings. The SMILES string of the molecule is CCCCCCCCCCCCCCCCCCCCOc1c(OCCCCCCCCCCCCCCCCCCCC)c2ccccc2c2ccccc12. The molecule has 3 aromatic carbocycles. The molecule has 318 valence electrons. The van der Waals surface area contributed by atoms with Crippen molar-refractivity contribution in [2.75, 3.05) is 13.2 Å². The standard InChI is InChI=1S/C54H90O2/c1-3-5-7-9-11-13-15-17-19-21-23-25-27-29-31-33-35-41-47-55-53-51-45-39-37-43-49(51)50-44-38-40-46-52(50)54(53)56-48-42-36-34-32-30-28-26-24-22-20-18-16-14-12-10-8-6-4-2/h37-40,43-46H,3-36,41-42,47-48H2,1-2H3. The van der Waals surface area contributed by atoms with Crippen molar-refractivity contribution in [3.8, 4) is 11.5 Å². The van der Waals surface area contributed by atoms with Crippen molar-refractivity contribution in [3.05, 3.63) is 48.5 Å². The monoisotopic (exact) mass is 771 g/mol. The van der Waals surface area contributed by atoms with Crippen LogP contribution in [0.3, 0.4) is 0 Å². The predicted molar refractivity (Wildman–Crippen MR) is 250 cm³/mol. The van der Waals surface area contributed by atoms with E-state index < -0.39 is 0 Å². The Labute approximate surface area is 348 Å². The van der Waals surface area contributed by atoms with Crippen molar-refractivity contribution in [1.82, 2.24) is 0 Å². The molecule has 0 atom stereocenters. The zero-order valence-corrected chi connectivity index (χ0v) is 37.3. The lowest BCUT2D eigenvalue weighted by atomic mass is 10.00. The van der Waals surface area contributed by atoms with Crippen LogP contribution in [0.5, 0.6) is 11.5 Å². The van der Waals surface area contributed by atoms with Gasteiger partial charge in [-0.1, -0.05) is 281 Å². The van der Waals surface area contributed by atoms with Gasteiger partial charge in [-0.15, -0.1) is 0 Å². The second kappa shape index (κ2) is 34.8. The summed E-state index contributed by atoms with van der Waals surface area (Å²) in [7, 11) is 0. The van der Waals surface area contributed by atoms with Crippen LogP contribution in [0, 0.1) is 0 Å². The van der Waals surface area contributed by atoms with E-state index >= 15 is 0 Å². The zero-order valence-electron chi connectivity index (χ0n) is 37.3. The van der Waals surface area contributed by atoms with Gasteiger partial charge in [-0.3, -0.25) is 0 Å². The minimum absolute atomic E-state index is 0.761. The lowest BCUT2D eigenvalue weighted by molar-refractivity contribution is 0.263. The van der Waals surface area contributed by atoms with Crippen molar-refractivity contribution in [2.24, 2.45) is 0 Å². The molecule has 0 N–H and O–H groups in total. The summed E-state index contributed by atoms with van der Waals surface area (Å²) in [6.07, 6.45) is 50.3. The van der Waals surface area contributed by atoms with Gasteiger partial charge in [0.25, 0.3) is 0 Å². The smallest absolute Gasteiger partial charge is 0.169 e. The molecule has 2 nitrogen and oxygen atoms in total. The summed E-state index contributed by atoms with van der Waals surface area (Å²) in [5.41, 5.74) is 0. The van der Waals surface area contributed by atoms with Crippen LogP contribution in [0.15, 0.2) is 48.5 Å². The first kappa shape index (κ1) is 48.2. The quantitative estimate of drug-likeness (QED) is 0.0423. The van der Waals surface area contributed by atoms with Crippen LogP contribution in [0.4, 0.5) is 0 Å². The second-order valence-corrected chi connectivity index (χ2v) is 17.5. The van der Waals surface area contributed by atoms with Crippen LogP contribution in [0.25, 0.3) is 21.5 Å². The molecule has 2 heteroatoms. The number of hydrogen-bond acceptors (Lipinski definition) is 2. The van der Waals surface area contributed by atoms with Crippen molar-refractivity contribution in [1.29, 1.82) is 0 Å². The zero-order chi connectivity index (χ0) is 39.4. The van der Waals surface area contributed by atoms with E-state index in [1.165, 1.54) is 240 Å². The highest BCUT2D eigenvalue weighted by atomic mass is 16.5. The number of hydrogen-bond donors (Lipinski definition) is 0. The Morgan fingerprint density at radius 3 is 0.679 bits per heavy atom. The Bertz CT molecular complexity index is 1210. The summed E-state index contributed by atoms with van der Waals surface area (Å²) < 4.78 is 13.3. The van der Waals surface area contributed by atoms with E-state index in [0.29, 0.717) is 0 Å². The van der Waals surface area contributed by atoms with Gasteiger partial charge < -0.3 is 9.47 Å². The summed E-state index contributed by atoms with van der Waals surface area (Å²) in [6, 6.07) is 17.5. The van der Waals surface area contributed by atoms with E-state index in [2.05, 4.69) is 62.4 Å². The second-order valence-electron chi connectivity index (χ2n) is 17.5. The van der Waals surface area contributed by atoms with Gasteiger partial charge in [0.1, 0.15) is 0 Å². The highest BCUT2D eigenvalue weighted by molar-refractivity contribution is 6.13. The van der Waals surface area contributed by atoms with Crippen LogP contribution in [0.2, 0.25) is 0 Å². The Hall–Kier alpha value is -2.22. The summed E-state index contributed by atoms with van der Waals surface area (Å²) in [6.45, 7) is 6.13. The summed E-state index contributed by atoms with van der Waals surface area (Å²) in [4.78, 5) is 0. The van der Waals surface area contributed by atoms with Gasteiger partial charge in [-0.2, -0.15) is 0 Å². The maximum Gasteiger partial charge on any atom is 0.169 e. The summed E-state index contributed by atoms with van der Waals surface area (Å²) in [5.74, 6) is 1.90. The number of benzene rings is 3.